The first-order valence-corrected chi connectivity index (χ1v) is 14.0. The second kappa shape index (κ2) is 10.2. The molecule has 0 aromatic heterocycles. The lowest BCUT2D eigenvalue weighted by Gasteiger charge is -2.56. The maximum absolute atomic E-state index is 13.2. The van der Waals surface area contributed by atoms with E-state index in [-0.39, 0.29) is 17.9 Å². The quantitative estimate of drug-likeness (QED) is 0.312. The maximum Gasteiger partial charge on any atom is 0.251 e. The topological polar surface area (TPSA) is 105 Å². The second-order valence-corrected chi connectivity index (χ2v) is 10.9. The molecule has 0 radical (unpaired) electrons. The van der Waals surface area contributed by atoms with Crippen LogP contribution in [-0.2, 0) is 12.8 Å². The first kappa shape index (κ1) is 26.7. The number of hydrogen-bond donors (Lipinski definition) is 0. The van der Waals surface area contributed by atoms with E-state index in [0.717, 1.165) is 40.7 Å². The number of nitro groups is 1. The van der Waals surface area contributed by atoms with Gasteiger partial charge in [-0.15, -0.1) is 0 Å². The van der Waals surface area contributed by atoms with E-state index in [2.05, 4.69) is 9.80 Å². The Morgan fingerprint density at radius 3 is 1.90 bits per heavy atom. The number of rotatable bonds is 6. The van der Waals surface area contributed by atoms with Gasteiger partial charge in [-0.1, -0.05) is 6.07 Å². The van der Waals surface area contributed by atoms with Crippen molar-refractivity contribution in [3.8, 4) is 34.5 Å². The number of hydrogen-bond acceptors (Lipinski definition) is 10. The van der Waals surface area contributed by atoms with Gasteiger partial charge in [-0.3, -0.25) is 19.9 Å². The molecule has 220 valence electrons. The molecule has 4 heterocycles. The van der Waals surface area contributed by atoms with Gasteiger partial charge < -0.3 is 28.4 Å². The summed E-state index contributed by atoms with van der Waals surface area (Å²) in [6, 6.07) is 11.6. The molecule has 11 nitrogen and oxygen atoms in total. The zero-order chi connectivity index (χ0) is 29.1. The minimum absolute atomic E-state index is 0.112. The van der Waals surface area contributed by atoms with Gasteiger partial charge in [0.15, 0.2) is 34.5 Å². The summed E-state index contributed by atoms with van der Waals surface area (Å²) in [5.74, 6) is 3.73. The van der Waals surface area contributed by atoms with Crippen LogP contribution in [0.1, 0.15) is 46.1 Å². The number of methoxy groups -OCH3 is 4. The summed E-state index contributed by atoms with van der Waals surface area (Å²) < 4.78 is 33.9. The number of nitrogens with zero attached hydrogens (tertiary/aromatic N) is 3. The van der Waals surface area contributed by atoms with Crippen molar-refractivity contribution in [3.05, 3.63) is 80.4 Å². The predicted octanol–water partition coefficient (Wildman–Crippen LogP) is 4.31. The molecular formula is C31H33N3O8. The summed E-state index contributed by atoms with van der Waals surface area (Å²) in [5.41, 5.74) is 4.96. The monoisotopic (exact) mass is 575 g/mol. The van der Waals surface area contributed by atoms with Crippen molar-refractivity contribution in [1.29, 1.82) is 0 Å². The van der Waals surface area contributed by atoms with Crippen LogP contribution in [0.25, 0.3) is 0 Å². The minimum Gasteiger partial charge on any atom is -0.493 e. The smallest absolute Gasteiger partial charge is 0.251 e. The summed E-state index contributed by atoms with van der Waals surface area (Å²) in [5, 5.41) is 13.2. The molecule has 3 aromatic rings. The van der Waals surface area contributed by atoms with E-state index >= 15 is 0 Å². The lowest BCUT2D eigenvalue weighted by atomic mass is 9.77. The molecule has 1 fully saturated rings. The van der Waals surface area contributed by atoms with E-state index in [4.69, 9.17) is 28.4 Å². The van der Waals surface area contributed by atoms with Gasteiger partial charge in [0.25, 0.3) is 6.04 Å². The van der Waals surface area contributed by atoms with E-state index in [1.165, 1.54) is 0 Å². The largest absolute Gasteiger partial charge is 0.493 e. The molecule has 3 aromatic carbocycles. The van der Waals surface area contributed by atoms with E-state index in [1.54, 1.807) is 28.4 Å². The fourth-order valence-electron chi connectivity index (χ4n) is 7.34. The lowest BCUT2D eigenvalue weighted by Crippen LogP contribution is -2.62. The van der Waals surface area contributed by atoms with E-state index in [9.17, 15) is 10.1 Å². The van der Waals surface area contributed by atoms with Crippen molar-refractivity contribution < 1.29 is 33.3 Å². The van der Waals surface area contributed by atoms with Gasteiger partial charge in [0.1, 0.15) is 12.1 Å². The predicted molar refractivity (Wildman–Crippen MR) is 151 cm³/mol. The van der Waals surface area contributed by atoms with E-state index in [1.807, 2.05) is 42.5 Å². The Morgan fingerprint density at radius 1 is 0.738 bits per heavy atom. The normalized spacial score (nSPS) is 24.1. The van der Waals surface area contributed by atoms with Gasteiger partial charge in [-0.05, 0) is 77.1 Å². The molecule has 4 aliphatic rings. The Bertz CT molecular complexity index is 1560. The zero-order valence-electron chi connectivity index (χ0n) is 24.0. The zero-order valence-corrected chi connectivity index (χ0v) is 24.0. The summed E-state index contributed by atoms with van der Waals surface area (Å²) in [6.07, 6.45) is 1.21. The molecule has 0 bridgehead atoms. The van der Waals surface area contributed by atoms with Gasteiger partial charge in [-0.2, -0.15) is 0 Å². The maximum atomic E-state index is 13.2. The van der Waals surface area contributed by atoms with Crippen molar-refractivity contribution in [2.75, 3.05) is 48.3 Å². The van der Waals surface area contributed by atoms with Crippen LogP contribution < -0.4 is 28.4 Å². The molecule has 1 saturated heterocycles. The lowest BCUT2D eigenvalue weighted by molar-refractivity contribution is -0.550. The average Bonchev–Trinajstić information content (AvgIpc) is 3.50. The third kappa shape index (κ3) is 3.94. The highest BCUT2D eigenvalue weighted by Crippen LogP contribution is 2.55. The van der Waals surface area contributed by atoms with Crippen molar-refractivity contribution in [2.24, 2.45) is 0 Å². The second-order valence-electron chi connectivity index (χ2n) is 10.9. The highest BCUT2D eigenvalue weighted by molar-refractivity contribution is 5.53. The molecular weight excluding hydrogens is 542 g/mol. The average molecular weight is 576 g/mol. The van der Waals surface area contributed by atoms with Crippen molar-refractivity contribution in [3.63, 3.8) is 0 Å². The van der Waals surface area contributed by atoms with Crippen molar-refractivity contribution in [1.82, 2.24) is 9.80 Å². The van der Waals surface area contributed by atoms with Crippen LogP contribution in [0.2, 0.25) is 0 Å². The Kier molecular flexibility index (Phi) is 6.51. The van der Waals surface area contributed by atoms with Gasteiger partial charge in [0.2, 0.25) is 6.79 Å². The Hall–Kier alpha value is -4.22. The SMILES string of the molecule is COc1cc2c(cc1OC)[C@@H]1N(CC2)[C@H](c2ccc3c(c2)OCO3)[C@@H]([N+](=O)[O-])[C@@H]2c3cc(OC)c(OC)cc3CCN12. The van der Waals surface area contributed by atoms with Gasteiger partial charge >= 0.3 is 0 Å². The Balaban J connectivity index is 1.46. The highest BCUT2D eigenvalue weighted by Gasteiger charge is 2.58. The Morgan fingerprint density at radius 2 is 1.29 bits per heavy atom. The van der Waals surface area contributed by atoms with Crippen LogP contribution in [0.4, 0.5) is 0 Å². The van der Waals surface area contributed by atoms with Crippen LogP contribution in [0.15, 0.2) is 42.5 Å². The number of fused-ring (bicyclic) bond motifs is 8. The van der Waals surface area contributed by atoms with Crippen LogP contribution in [0.3, 0.4) is 0 Å². The van der Waals surface area contributed by atoms with Crippen LogP contribution in [0.5, 0.6) is 34.5 Å². The molecule has 42 heavy (non-hydrogen) atoms. The fraction of sp³-hybridized carbons (Fsp3) is 0.419. The third-order valence-corrected chi connectivity index (χ3v) is 9.14. The molecule has 7 rings (SSSR count). The Labute approximate surface area is 243 Å². The van der Waals surface area contributed by atoms with Crippen LogP contribution in [-0.4, -0.2) is 69.1 Å². The van der Waals surface area contributed by atoms with Crippen molar-refractivity contribution in [2.45, 2.75) is 37.1 Å². The molecule has 0 unspecified atom stereocenters. The molecule has 0 aliphatic carbocycles. The van der Waals surface area contributed by atoms with Gasteiger partial charge in [0, 0.05) is 18.0 Å². The molecule has 0 amide bonds. The summed E-state index contributed by atoms with van der Waals surface area (Å²) in [4.78, 5) is 17.7. The van der Waals surface area contributed by atoms with Crippen molar-refractivity contribution >= 4 is 0 Å². The standard InChI is InChI=1S/C31H33N3O8/c1-37-23-11-17-7-10-33-29(20(17)14-25(23)39-3)30(34(35)36)28(19-5-6-22-27(13-19)42-16-41-22)32-9-8-18-12-24(38-2)26(40-4)15-21(18)31(32)33/h5-6,11-15,28-31H,7-10,16H2,1-4H3/t28-,29+,30-,31-/m1/s1. The molecule has 0 N–H and O–H groups in total. The molecule has 4 atom stereocenters. The number of benzene rings is 3. The third-order valence-electron chi connectivity index (χ3n) is 9.14. The summed E-state index contributed by atoms with van der Waals surface area (Å²) in [7, 11) is 6.46. The highest BCUT2D eigenvalue weighted by atomic mass is 16.7. The molecule has 4 aliphatic heterocycles. The summed E-state index contributed by atoms with van der Waals surface area (Å²) >= 11 is 0. The minimum atomic E-state index is -0.972. The fourth-order valence-corrected chi connectivity index (χ4v) is 7.34. The first-order valence-electron chi connectivity index (χ1n) is 14.0. The van der Waals surface area contributed by atoms with Crippen LogP contribution in [0, 0.1) is 10.1 Å². The van der Waals surface area contributed by atoms with Gasteiger partial charge in [-0.25, -0.2) is 0 Å². The summed E-state index contributed by atoms with van der Waals surface area (Å²) in [6.45, 7) is 1.41. The van der Waals surface area contributed by atoms with Crippen LogP contribution >= 0.6 is 0 Å². The molecule has 11 heteroatoms. The molecule has 0 saturated carbocycles. The molecule has 0 spiro atoms. The van der Waals surface area contributed by atoms with E-state index < -0.39 is 18.1 Å². The van der Waals surface area contributed by atoms with E-state index in [0.29, 0.717) is 47.6 Å². The van der Waals surface area contributed by atoms with Gasteiger partial charge in [0.05, 0.1) is 34.6 Å². The number of ether oxygens (including phenoxy) is 6. The first-order chi connectivity index (χ1) is 20.5.